The zero-order valence-electron chi connectivity index (χ0n) is 15.8. The van der Waals surface area contributed by atoms with Crippen molar-refractivity contribution in [3.63, 3.8) is 0 Å². The highest BCUT2D eigenvalue weighted by Gasteiger charge is 2.12. The van der Waals surface area contributed by atoms with Crippen molar-refractivity contribution in [3.8, 4) is 11.5 Å². The Morgan fingerprint density at radius 1 is 1.07 bits per heavy atom. The van der Waals surface area contributed by atoms with Crippen LogP contribution in [0.4, 0.5) is 0 Å². The van der Waals surface area contributed by atoms with Crippen LogP contribution in [0, 0.1) is 0 Å². The van der Waals surface area contributed by atoms with E-state index in [1.165, 1.54) is 0 Å². The first-order valence-electron chi connectivity index (χ1n) is 8.53. The van der Waals surface area contributed by atoms with Gasteiger partial charge in [0.2, 0.25) is 0 Å². The molecule has 3 rings (SSSR count). The molecule has 2 aromatic carbocycles. The fraction of sp³-hybridized carbons (Fsp3) is 0.238. The second kappa shape index (κ2) is 9.17. The van der Waals surface area contributed by atoms with Crippen LogP contribution in [-0.2, 0) is 22.6 Å². The molecule has 5 nitrogen and oxygen atoms in total. The van der Waals surface area contributed by atoms with Crippen molar-refractivity contribution < 1.29 is 19.0 Å². The average molecular weight is 418 g/mol. The summed E-state index contributed by atoms with van der Waals surface area (Å²) in [6.45, 7) is 0.0676. The molecular weight excluding hydrogens is 398 g/mol. The Labute approximate surface area is 173 Å². The summed E-state index contributed by atoms with van der Waals surface area (Å²) in [5.74, 6) is 0.818. The van der Waals surface area contributed by atoms with Crippen LogP contribution < -0.4 is 9.47 Å². The highest BCUT2D eigenvalue weighted by molar-refractivity contribution is 7.98. The maximum atomic E-state index is 12.2. The van der Waals surface area contributed by atoms with Crippen LogP contribution in [0.1, 0.15) is 11.1 Å². The number of hydrogen-bond acceptors (Lipinski definition) is 6. The molecular formula is C21H20ClNO4S. The minimum absolute atomic E-state index is 0.0676. The fourth-order valence-corrected chi connectivity index (χ4v) is 3.40. The third-order valence-electron chi connectivity index (χ3n) is 4.24. The number of hydrogen-bond donors (Lipinski definition) is 0. The van der Waals surface area contributed by atoms with Gasteiger partial charge in [0.1, 0.15) is 11.8 Å². The topological polar surface area (TPSA) is 57.7 Å². The van der Waals surface area contributed by atoms with Crippen LogP contribution in [0.25, 0.3) is 10.9 Å². The Bertz CT molecular complexity index is 1010. The van der Waals surface area contributed by atoms with Crippen LogP contribution in [0.2, 0.25) is 5.15 Å². The van der Waals surface area contributed by atoms with Gasteiger partial charge < -0.3 is 14.2 Å². The summed E-state index contributed by atoms with van der Waals surface area (Å²) < 4.78 is 15.9. The first kappa shape index (κ1) is 20.3. The molecule has 0 saturated carbocycles. The number of benzene rings is 2. The fourth-order valence-electron chi connectivity index (χ4n) is 2.76. The highest BCUT2D eigenvalue weighted by Crippen LogP contribution is 2.28. The number of fused-ring (bicyclic) bond motifs is 1. The van der Waals surface area contributed by atoms with Gasteiger partial charge in [-0.15, -0.1) is 11.8 Å². The number of ether oxygens (including phenoxy) is 3. The first-order valence-corrected chi connectivity index (χ1v) is 10.1. The van der Waals surface area contributed by atoms with Crippen molar-refractivity contribution >= 4 is 40.2 Å². The molecule has 0 atom stereocenters. The molecule has 146 valence electrons. The molecule has 0 spiro atoms. The van der Waals surface area contributed by atoms with Crippen LogP contribution in [0.5, 0.6) is 11.5 Å². The van der Waals surface area contributed by atoms with Crippen LogP contribution in [0.3, 0.4) is 0 Å². The number of thioether (sulfide) groups is 1. The maximum Gasteiger partial charge on any atom is 0.310 e. The van der Waals surface area contributed by atoms with Crippen LogP contribution >= 0.6 is 23.4 Å². The summed E-state index contributed by atoms with van der Waals surface area (Å²) in [5, 5.41) is 1.29. The molecule has 0 amide bonds. The zero-order chi connectivity index (χ0) is 20.1. The largest absolute Gasteiger partial charge is 0.493 e. The van der Waals surface area contributed by atoms with E-state index in [4.69, 9.17) is 25.8 Å². The van der Waals surface area contributed by atoms with Gasteiger partial charge in [-0.05, 0) is 42.2 Å². The molecule has 1 aromatic heterocycles. The van der Waals surface area contributed by atoms with Crippen molar-refractivity contribution in [2.45, 2.75) is 17.9 Å². The number of esters is 1. The summed E-state index contributed by atoms with van der Waals surface area (Å²) in [4.78, 5) is 17.8. The van der Waals surface area contributed by atoms with Crippen molar-refractivity contribution in [1.82, 2.24) is 4.98 Å². The Kier molecular flexibility index (Phi) is 6.65. The van der Waals surface area contributed by atoms with E-state index in [1.54, 1.807) is 44.2 Å². The lowest BCUT2D eigenvalue weighted by Crippen LogP contribution is -2.09. The molecule has 0 saturated heterocycles. The quantitative estimate of drug-likeness (QED) is 0.309. The molecule has 0 unspecified atom stereocenters. The van der Waals surface area contributed by atoms with Crippen LogP contribution in [-0.4, -0.2) is 31.4 Å². The van der Waals surface area contributed by atoms with Crippen molar-refractivity contribution in [2.24, 2.45) is 0 Å². The van der Waals surface area contributed by atoms with E-state index in [0.29, 0.717) is 22.2 Å². The highest BCUT2D eigenvalue weighted by atomic mass is 35.5. The molecule has 0 radical (unpaired) electrons. The Morgan fingerprint density at radius 2 is 1.86 bits per heavy atom. The standard InChI is InChI=1S/C21H20ClNO4S/c1-25-18-7-4-13(8-19(18)26-2)9-20(24)27-12-15-10-14-5-6-16(28-3)11-17(14)23-21(15)22/h4-8,10-11H,9,12H2,1-3H3. The molecule has 1 heterocycles. The van der Waals surface area contributed by atoms with Crippen molar-refractivity contribution in [1.29, 1.82) is 0 Å². The Balaban J connectivity index is 1.68. The van der Waals surface area contributed by atoms with Crippen LogP contribution in [0.15, 0.2) is 47.4 Å². The minimum atomic E-state index is -0.360. The molecule has 0 aliphatic heterocycles. The van der Waals surface area contributed by atoms with Gasteiger partial charge in [-0.3, -0.25) is 4.79 Å². The number of rotatable bonds is 7. The normalized spacial score (nSPS) is 10.7. The molecule has 0 aliphatic rings. The van der Waals surface area contributed by atoms with E-state index in [-0.39, 0.29) is 19.0 Å². The maximum absolute atomic E-state index is 12.2. The van der Waals surface area contributed by atoms with E-state index >= 15 is 0 Å². The summed E-state index contributed by atoms with van der Waals surface area (Å²) >= 11 is 7.92. The van der Waals surface area contributed by atoms with Gasteiger partial charge in [0.25, 0.3) is 0 Å². The lowest BCUT2D eigenvalue weighted by molar-refractivity contribution is -0.144. The zero-order valence-corrected chi connectivity index (χ0v) is 17.4. The second-order valence-corrected chi connectivity index (χ2v) is 7.26. The monoisotopic (exact) mass is 417 g/mol. The van der Waals surface area contributed by atoms with E-state index in [0.717, 1.165) is 21.4 Å². The smallest absolute Gasteiger partial charge is 0.310 e. The molecule has 0 N–H and O–H groups in total. The van der Waals surface area contributed by atoms with E-state index in [1.807, 2.05) is 30.5 Å². The number of aromatic nitrogens is 1. The number of carbonyl (C=O) groups excluding carboxylic acids is 1. The average Bonchev–Trinajstić information content (AvgIpc) is 2.71. The molecule has 7 heteroatoms. The van der Waals surface area contributed by atoms with Crippen molar-refractivity contribution in [2.75, 3.05) is 20.5 Å². The predicted octanol–water partition coefficient (Wildman–Crippen LogP) is 4.91. The van der Waals surface area contributed by atoms with E-state index < -0.39 is 0 Å². The lowest BCUT2D eigenvalue weighted by atomic mass is 10.1. The molecule has 0 bridgehead atoms. The summed E-state index contributed by atoms with van der Waals surface area (Å²) in [7, 11) is 3.12. The first-order chi connectivity index (χ1) is 13.5. The second-order valence-electron chi connectivity index (χ2n) is 6.02. The number of pyridine rings is 1. The molecule has 3 aromatic rings. The summed E-state index contributed by atoms with van der Waals surface area (Å²) in [6.07, 6.45) is 2.13. The summed E-state index contributed by atoms with van der Waals surface area (Å²) in [6, 6.07) is 13.2. The minimum Gasteiger partial charge on any atom is -0.493 e. The van der Waals surface area contributed by atoms with E-state index in [9.17, 15) is 4.79 Å². The van der Waals surface area contributed by atoms with Gasteiger partial charge in [0, 0.05) is 15.8 Å². The molecule has 0 fully saturated rings. The third-order valence-corrected chi connectivity index (χ3v) is 5.29. The SMILES string of the molecule is COc1ccc(CC(=O)OCc2cc3ccc(SC)cc3nc2Cl)cc1OC. The lowest BCUT2D eigenvalue weighted by Gasteiger charge is -2.10. The number of methoxy groups -OCH3 is 2. The van der Waals surface area contributed by atoms with Gasteiger partial charge in [0.05, 0.1) is 26.2 Å². The Morgan fingerprint density at radius 3 is 2.57 bits per heavy atom. The summed E-state index contributed by atoms with van der Waals surface area (Å²) in [5.41, 5.74) is 2.26. The van der Waals surface area contributed by atoms with Gasteiger partial charge in [-0.2, -0.15) is 0 Å². The van der Waals surface area contributed by atoms with Gasteiger partial charge >= 0.3 is 5.97 Å². The molecule has 0 aliphatic carbocycles. The van der Waals surface area contributed by atoms with Gasteiger partial charge in [-0.1, -0.05) is 23.7 Å². The van der Waals surface area contributed by atoms with E-state index in [2.05, 4.69) is 4.98 Å². The molecule has 28 heavy (non-hydrogen) atoms. The van der Waals surface area contributed by atoms with Gasteiger partial charge in [0.15, 0.2) is 11.5 Å². The third kappa shape index (κ3) is 4.69. The van der Waals surface area contributed by atoms with Crippen molar-refractivity contribution in [3.05, 3.63) is 58.7 Å². The number of nitrogens with zero attached hydrogens (tertiary/aromatic N) is 1. The number of carbonyl (C=O) groups is 1. The Hall–Kier alpha value is -2.44. The predicted molar refractivity (Wildman–Crippen MR) is 112 cm³/mol. The van der Waals surface area contributed by atoms with Gasteiger partial charge in [-0.25, -0.2) is 4.98 Å². The number of halogens is 1.